The van der Waals surface area contributed by atoms with Crippen molar-refractivity contribution in [2.75, 3.05) is 20.2 Å². The Morgan fingerprint density at radius 1 is 1.15 bits per heavy atom. The summed E-state index contributed by atoms with van der Waals surface area (Å²) in [5.74, 6) is -0.356. The van der Waals surface area contributed by atoms with Gasteiger partial charge >= 0.3 is 0 Å². The quantitative estimate of drug-likeness (QED) is 0.557. The van der Waals surface area contributed by atoms with Gasteiger partial charge in [-0.05, 0) is 54.7 Å². The van der Waals surface area contributed by atoms with Crippen molar-refractivity contribution in [3.63, 3.8) is 0 Å². The van der Waals surface area contributed by atoms with E-state index in [1.807, 2.05) is 19.9 Å². The molecule has 10 heteroatoms. The molecule has 1 aromatic heterocycles. The maximum atomic E-state index is 12.9. The number of piperidine rings is 1. The van der Waals surface area contributed by atoms with Crippen molar-refractivity contribution in [3.05, 3.63) is 54.4 Å². The van der Waals surface area contributed by atoms with Gasteiger partial charge in [-0.2, -0.15) is 4.31 Å². The molecular weight excluding hydrogens is 456 g/mol. The lowest BCUT2D eigenvalue weighted by molar-refractivity contribution is -0.132. The number of nitrogens with one attached hydrogen (secondary N) is 2. The zero-order chi connectivity index (χ0) is 24.7. The van der Waals surface area contributed by atoms with Crippen molar-refractivity contribution < 1.29 is 22.7 Å². The number of hydrogen-bond donors (Lipinski definition) is 2. The maximum absolute atomic E-state index is 12.9. The highest BCUT2D eigenvalue weighted by molar-refractivity contribution is 7.89. The van der Waals surface area contributed by atoms with Crippen LogP contribution in [-0.4, -0.2) is 55.8 Å². The zero-order valence-corrected chi connectivity index (χ0v) is 20.5. The van der Waals surface area contributed by atoms with Gasteiger partial charge in [0, 0.05) is 37.9 Å². The first-order chi connectivity index (χ1) is 16.2. The van der Waals surface area contributed by atoms with Crippen LogP contribution in [0.4, 0.5) is 0 Å². The lowest BCUT2D eigenvalue weighted by Gasteiger charge is -2.32. The van der Waals surface area contributed by atoms with Crippen LogP contribution in [0.1, 0.15) is 32.3 Å². The Bertz CT molecular complexity index is 1070. The predicted molar refractivity (Wildman–Crippen MR) is 127 cm³/mol. The highest BCUT2D eigenvalue weighted by Crippen LogP contribution is 2.25. The minimum absolute atomic E-state index is 0.103. The van der Waals surface area contributed by atoms with E-state index in [0.29, 0.717) is 25.1 Å². The van der Waals surface area contributed by atoms with Gasteiger partial charge in [0.05, 0.1) is 12.0 Å². The second kappa shape index (κ2) is 11.4. The topological polar surface area (TPSA) is 118 Å². The standard InChI is InChI=1S/C24H32N4O5S/c1-17(2)22(24(30)26-16-18-5-4-12-25-15-18)27-23(29)19-10-13-28(14-11-19)34(31,32)21-8-6-20(33-3)7-9-21/h4-9,12,15,17,19,22H,10-11,13-14,16H2,1-3H3,(H,26,30)(H,27,29)/t22-/m1/s1. The third-order valence-electron chi connectivity index (χ3n) is 5.96. The molecule has 3 rings (SSSR count). The van der Waals surface area contributed by atoms with Crippen molar-refractivity contribution >= 4 is 21.8 Å². The molecule has 0 bridgehead atoms. The molecule has 1 saturated heterocycles. The molecule has 0 aliphatic carbocycles. The third kappa shape index (κ3) is 6.32. The number of rotatable bonds is 9. The van der Waals surface area contributed by atoms with Gasteiger partial charge in [-0.25, -0.2) is 8.42 Å². The summed E-state index contributed by atoms with van der Waals surface area (Å²) >= 11 is 0. The van der Waals surface area contributed by atoms with Crippen LogP contribution < -0.4 is 15.4 Å². The van der Waals surface area contributed by atoms with E-state index in [-0.39, 0.29) is 41.6 Å². The van der Waals surface area contributed by atoms with Crippen molar-refractivity contribution in [3.8, 4) is 5.75 Å². The highest BCUT2D eigenvalue weighted by atomic mass is 32.2. The average Bonchev–Trinajstić information content (AvgIpc) is 2.86. The molecule has 34 heavy (non-hydrogen) atoms. The molecule has 184 valence electrons. The van der Waals surface area contributed by atoms with Crippen molar-refractivity contribution in [1.29, 1.82) is 0 Å². The number of carbonyl (C=O) groups excluding carboxylic acids is 2. The number of pyridine rings is 1. The molecule has 1 aliphatic heterocycles. The summed E-state index contributed by atoms with van der Waals surface area (Å²) < 4.78 is 32.4. The summed E-state index contributed by atoms with van der Waals surface area (Å²) in [5.41, 5.74) is 0.870. The molecule has 9 nitrogen and oxygen atoms in total. The lowest BCUT2D eigenvalue weighted by atomic mass is 9.95. The first kappa shape index (κ1) is 25.6. The van der Waals surface area contributed by atoms with Crippen LogP contribution in [0, 0.1) is 11.8 Å². The number of benzene rings is 1. The zero-order valence-electron chi connectivity index (χ0n) is 19.7. The fraction of sp³-hybridized carbons (Fsp3) is 0.458. The molecule has 1 aromatic carbocycles. The molecule has 0 saturated carbocycles. The molecule has 2 heterocycles. The number of sulfonamides is 1. The Labute approximate surface area is 201 Å². The van der Waals surface area contributed by atoms with Gasteiger partial charge in [-0.15, -0.1) is 0 Å². The first-order valence-electron chi connectivity index (χ1n) is 11.3. The Balaban J connectivity index is 1.55. The van der Waals surface area contributed by atoms with E-state index in [4.69, 9.17) is 4.74 Å². The van der Waals surface area contributed by atoms with Gasteiger partial charge < -0.3 is 15.4 Å². The van der Waals surface area contributed by atoms with Gasteiger partial charge in [0.1, 0.15) is 11.8 Å². The molecule has 1 aliphatic rings. The maximum Gasteiger partial charge on any atom is 0.243 e. The summed E-state index contributed by atoms with van der Waals surface area (Å²) in [7, 11) is -2.12. The summed E-state index contributed by atoms with van der Waals surface area (Å²) in [6, 6.07) is 9.24. The summed E-state index contributed by atoms with van der Waals surface area (Å²) in [5, 5.41) is 5.72. The molecule has 0 unspecified atom stereocenters. The third-order valence-corrected chi connectivity index (χ3v) is 7.87. The molecule has 2 N–H and O–H groups in total. The van der Waals surface area contributed by atoms with Gasteiger partial charge in [0.15, 0.2) is 0 Å². The molecule has 1 atom stereocenters. The number of amides is 2. The Morgan fingerprint density at radius 3 is 2.38 bits per heavy atom. The van der Waals surface area contributed by atoms with Crippen LogP contribution in [0.3, 0.4) is 0 Å². The second-order valence-corrected chi connectivity index (χ2v) is 10.6. The number of nitrogens with zero attached hydrogens (tertiary/aromatic N) is 2. The number of hydrogen-bond acceptors (Lipinski definition) is 6. The molecule has 1 fully saturated rings. The van der Waals surface area contributed by atoms with E-state index >= 15 is 0 Å². The predicted octanol–water partition coefficient (Wildman–Crippen LogP) is 1.95. The van der Waals surface area contributed by atoms with Crippen LogP contribution in [0.25, 0.3) is 0 Å². The fourth-order valence-electron chi connectivity index (χ4n) is 3.86. The summed E-state index contributed by atoms with van der Waals surface area (Å²) in [6.07, 6.45) is 4.12. The van der Waals surface area contributed by atoms with Crippen LogP contribution in [0.15, 0.2) is 53.7 Å². The second-order valence-electron chi connectivity index (χ2n) is 8.66. The van der Waals surface area contributed by atoms with Gasteiger partial charge in [0.2, 0.25) is 21.8 Å². The largest absolute Gasteiger partial charge is 0.497 e. The van der Waals surface area contributed by atoms with Crippen LogP contribution >= 0.6 is 0 Å². The van der Waals surface area contributed by atoms with Crippen LogP contribution in [0.5, 0.6) is 5.75 Å². The number of ether oxygens (including phenoxy) is 1. The Morgan fingerprint density at radius 2 is 1.82 bits per heavy atom. The van der Waals surface area contributed by atoms with Crippen LogP contribution in [0.2, 0.25) is 0 Å². The average molecular weight is 489 g/mol. The summed E-state index contributed by atoms with van der Waals surface area (Å²) in [4.78, 5) is 29.9. The smallest absolute Gasteiger partial charge is 0.243 e. The van der Waals surface area contributed by atoms with E-state index in [2.05, 4.69) is 15.6 Å². The normalized spacial score (nSPS) is 16.1. The number of carbonyl (C=O) groups is 2. The van der Waals surface area contributed by atoms with E-state index in [9.17, 15) is 18.0 Å². The molecule has 2 amide bonds. The van der Waals surface area contributed by atoms with E-state index in [1.54, 1.807) is 30.6 Å². The van der Waals surface area contributed by atoms with E-state index in [1.165, 1.54) is 23.5 Å². The van der Waals surface area contributed by atoms with Crippen molar-refractivity contribution in [2.45, 2.75) is 44.2 Å². The van der Waals surface area contributed by atoms with Crippen molar-refractivity contribution in [1.82, 2.24) is 19.9 Å². The molecule has 0 spiro atoms. The van der Waals surface area contributed by atoms with E-state index in [0.717, 1.165) is 5.56 Å². The van der Waals surface area contributed by atoms with E-state index < -0.39 is 16.1 Å². The van der Waals surface area contributed by atoms with Crippen LogP contribution in [-0.2, 0) is 26.2 Å². The minimum Gasteiger partial charge on any atom is -0.497 e. The number of aromatic nitrogens is 1. The Kier molecular flexibility index (Phi) is 8.62. The van der Waals surface area contributed by atoms with Gasteiger partial charge in [-0.1, -0.05) is 19.9 Å². The SMILES string of the molecule is COc1ccc(S(=O)(=O)N2CCC(C(=O)N[C@@H](C(=O)NCc3cccnc3)C(C)C)CC2)cc1. The Hall–Kier alpha value is -2.98. The summed E-state index contributed by atoms with van der Waals surface area (Å²) in [6.45, 7) is 4.56. The molecular formula is C24H32N4O5S. The lowest BCUT2D eigenvalue weighted by Crippen LogP contribution is -2.52. The highest BCUT2D eigenvalue weighted by Gasteiger charge is 2.34. The minimum atomic E-state index is -3.64. The number of methoxy groups -OCH3 is 1. The molecule has 0 radical (unpaired) electrons. The van der Waals surface area contributed by atoms with Gasteiger partial charge in [0.25, 0.3) is 0 Å². The molecule has 2 aromatic rings. The monoisotopic (exact) mass is 488 g/mol. The van der Waals surface area contributed by atoms with Gasteiger partial charge in [-0.3, -0.25) is 14.6 Å². The first-order valence-corrected chi connectivity index (χ1v) is 12.8. The van der Waals surface area contributed by atoms with Crippen molar-refractivity contribution in [2.24, 2.45) is 11.8 Å². The fourth-order valence-corrected chi connectivity index (χ4v) is 5.33.